The van der Waals surface area contributed by atoms with Crippen molar-refractivity contribution >= 4 is 0 Å². The van der Waals surface area contributed by atoms with E-state index in [0.717, 1.165) is 12.5 Å². The second-order valence-electron chi connectivity index (χ2n) is 4.08. The second kappa shape index (κ2) is 3.45. The zero-order valence-corrected chi connectivity index (χ0v) is 8.31. The summed E-state index contributed by atoms with van der Waals surface area (Å²) in [5.74, 6) is -1.31. The van der Waals surface area contributed by atoms with E-state index in [9.17, 15) is 22.7 Å². The molecule has 0 amide bonds. The van der Waals surface area contributed by atoms with Crippen LogP contribution in [0.25, 0.3) is 0 Å². The van der Waals surface area contributed by atoms with Crippen molar-refractivity contribution in [3.8, 4) is 0 Å². The van der Waals surface area contributed by atoms with Gasteiger partial charge in [-0.05, 0) is 37.0 Å². The fraction of sp³-hybridized carbons (Fsp3) is 0.455. The Labute approximate surface area is 89.7 Å². The third kappa shape index (κ3) is 1.80. The summed E-state index contributed by atoms with van der Waals surface area (Å²) in [7, 11) is 0. The highest BCUT2D eigenvalue weighted by Crippen LogP contribution is 2.43. The van der Waals surface area contributed by atoms with Gasteiger partial charge in [-0.3, -0.25) is 0 Å². The van der Waals surface area contributed by atoms with E-state index in [1.165, 1.54) is 6.07 Å². The lowest BCUT2D eigenvalue weighted by Crippen LogP contribution is -2.34. The first kappa shape index (κ1) is 11.4. The summed E-state index contributed by atoms with van der Waals surface area (Å²) in [6.45, 7) is 0. The Morgan fingerprint density at radius 3 is 2.25 bits per heavy atom. The molecule has 88 valence electrons. The van der Waals surface area contributed by atoms with Gasteiger partial charge >= 0.3 is 6.18 Å². The summed E-state index contributed by atoms with van der Waals surface area (Å²) >= 11 is 0. The fourth-order valence-electron chi connectivity index (χ4n) is 1.83. The molecule has 1 aliphatic rings. The van der Waals surface area contributed by atoms with Gasteiger partial charge in [-0.15, -0.1) is 0 Å². The molecule has 1 nitrogen and oxygen atoms in total. The van der Waals surface area contributed by atoms with E-state index in [1.54, 1.807) is 0 Å². The van der Waals surface area contributed by atoms with Gasteiger partial charge in [-0.25, -0.2) is 4.39 Å². The van der Waals surface area contributed by atoms with Crippen LogP contribution in [-0.2, 0) is 11.8 Å². The number of alkyl halides is 3. The van der Waals surface area contributed by atoms with Crippen molar-refractivity contribution in [2.24, 2.45) is 0 Å². The molecule has 0 atom stereocenters. The number of benzene rings is 1. The third-order valence-corrected chi connectivity index (χ3v) is 2.99. The minimum atomic E-state index is -4.72. The average Bonchev–Trinajstić information content (AvgIpc) is 2.13. The largest absolute Gasteiger partial charge is 0.419 e. The molecule has 1 aliphatic carbocycles. The van der Waals surface area contributed by atoms with Gasteiger partial charge in [0, 0.05) is 0 Å². The van der Waals surface area contributed by atoms with Crippen molar-refractivity contribution in [2.45, 2.75) is 31.0 Å². The molecular weight excluding hydrogens is 224 g/mol. The van der Waals surface area contributed by atoms with Crippen LogP contribution in [0.15, 0.2) is 18.2 Å². The second-order valence-corrected chi connectivity index (χ2v) is 4.08. The van der Waals surface area contributed by atoms with E-state index < -0.39 is 23.2 Å². The number of hydrogen-bond donors (Lipinski definition) is 1. The Morgan fingerprint density at radius 2 is 1.81 bits per heavy atom. The third-order valence-electron chi connectivity index (χ3n) is 2.99. The summed E-state index contributed by atoms with van der Waals surface area (Å²) in [6.07, 6.45) is -3.10. The van der Waals surface area contributed by atoms with Crippen LogP contribution in [0.5, 0.6) is 0 Å². The first-order chi connectivity index (χ1) is 7.33. The van der Waals surface area contributed by atoms with Crippen LogP contribution in [0.4, 0.5) is 17.6 Å². The standard InChI is InChI=1S/C11H10F4O/c12-9-3-2-7(10(16)4-1-5-10)6-8(9)11(13,14)15/h2-3,6,16H,1,4-5H2. The Balaban J connectivity index is 2.43. The van der Waals surface area contributed by atoms with Gasteiger partial charge in [0.25, 0.3) is 0 Å². The predicted octanol–water partition coefficient (Wildman–Crippen LogP) is 3.22. The van der Waals surface area contributed by atoms with Gasteiger partial charge in [0.15, 0.2) is 0 Å². The monoisotopic (exact) mass is 234 g/mol. The molecule has 16 heavy (non-hydrogen) atoms. The summed E-state index contributed by atoms with van der Waals surface area (Å²) in [5.41, 5.74) is -2.37. The maximum atomic E-state index is 13.0. The maximum absolute atomic E-state index is 13.0. The molecule has 0 radical (unpaired) electrons. The fourth-order valence-corrected chi connectivity index (χ4v) is 1.83. The van der Waals surface area contributed by atoms with Crippen molar-refractivity contribution in [2.75, 3.05) is 0 Å². The molecular formula is C11H10F4O. The minimum absolute atomic E-state index is 0.146. The SMILES string of the molecule is OC1(c2ccc(F)c(C(F)(F)F)c2)CCC1. The number of halogens is 4. The Morgan fingerprint density at radius 1 is 1.19 bits per heavy atom. The first-order valence-electron chi connectivity index (χ1n) is 4.92. The highest BCUT2D eigenvalue weighted by Gasteiger charge is 2.40. The molecule has 1 aromatic carbocycles. The zero-order valence-electron chi connectivity index (χ0n) is 8.31. The van der Waals surface area contributed by atoms with E-state index in [2.05, 4.69) is 0 Å². The van der Waals surface area contributed by atoms with Crippen LogP contribution in [0.2, 0.25) is 0 Å². The lowest BCUT2D eigenvalue weighted by molar-refractivity contribution is -0.140. The Bertz CT molecular complexity index is 407. The van der Waals surface area contributed by atoms with Gasteiger partial charge in [-0.2, -0.15) is 13.2 Å². The van der Waals surface area contributed by atoms with Crippen LogP contribution in [0, 0.1) is 5.82 Å². The van der Waals surface area contributed by atoms with E-state index in [0.29, 0.717) is 18.9 Å². The minimum Gasteiger partial charge on any atom is -0.385 e. The highest BCUT2D eigenvalue weighted by atomic mass is 19.4. The van der Waals surface area contributed by atoms with Crippen molar-refractivity contribution in [3.05, 3.63) is 35.1 Å². The van der Waals surface area contributed by atoms with Crippen molar-refractivity contribution in [1.29, 1.82) is 0 Å². The molecule has 2 rings (SSSR count). The molecule has 0 bridgehead atoms. The highest BCUT2D eigenvalue weighted by molar-refractivity contribution is 5.32. The van der Waals surface area contributed by atoms with Crippen LogP contribution in [-0.4, -0.2) is 5.11 Å². The van der Waals surface area contributed by atoms with Gasteiger partial charge in [0.1, 0.15) is 5.82 Å². The van der Waals surface area contributed by atoms with Gasteiger partial charge in [-0.1, -0.05) is 6.07 Å². The Kier molecular flexibility index (Phi) is 2.45. The number of rotatable bonds is 1. The normalized spacial score (nSPS) is 19.3. The van der Waals surface area contributed by atoms with Crippen molar-refractivity contribution in [3.63, 3.8) is 0 Å². The van der Waals surface area contributed by atoms with Crippen LogP contribution < -0.4 is 0 Å². The van der Waals surface area contributed by atoms with Gasteiger partial charge < -0.3 is 5.11 Å². The van der Waals surface area contributed by atoms with E-state index >= 15 is 0 Å². The number of aliphatic hydroxyl groups is 1. The summed E-state index contributed by atoms with van der Waals surface area (Å²) in [5, 5.41) is 9.87. The van der Waals surface area contributed by atoms with Crippen molar-refractivity contribution in [1.82, 2.24) is 0 Å². The van der Waals surface area contributed by atoms with E-state index in [1.807, 2.05) is 0 Å². The number of hydrogen-bond acceptors (Lipinski definition) is 1. The molecule has 1 saturated carbocycles. The molecule has 0 unspecified atom stereocenters. The van der Waals surface area contributed by atoms with Gasteiger partial charge in [0.05, 0.1) is 11.2 Å². The molecule has 5 heteroatoms. The molecule has 0 heterocycles. The summed E-state index contributed by atoms with van der Waals surface area (Å²) in [4.78, 5) is 0. The molecule has 0 aromatic heterocycles. The van der Waals surface area contributed by atoms with Gasteiger partial charge in [0.2, 0.25) is 0 Å². The zero-order chi connectivity index (χ0) is 12.0. The quantitative estimate of drug-likeness (QED) is 0.740. The average molecular weight is 234 g/mol. The van der Waals surface area contributed by atoms with E-state index in [4.69, 9.17) is 0 Å². The summed E-state index contributed by atoms with van der Waals surface area (Å²) < 4.78 is 50.2. The lowest BCUT2D eigenvalue weighted by atomic mass is 9.75. The molecule has 1 aromatic rings. The van der Waals surface area contributed by atoms with E-state index in [-0.39, 0.29) is 5.56 Å². The smallest absolute Gasteiger partial charge is 0.385 e. The lowest BCUT2D eigenvalue weighted by Gasteiger charge is -2.37. The topological polar surface area (TPSA) is 20.2 Å². The Hall–Kier alpha value is -1.10. The molecule has 0 spiro atoms. The predicted molar refractivity (Wildman–Crippen MR) is 49.1 cm³/mol. The van der Waals surface area contributed by atoms with Crippen LogP contribution >= 0.6 is 0 Å². The molecule has 0 saturated heterocycles. The molecule has 1 fully saturated rings. The summed E-state index contributed by atoms with van der Waals surface area (Å²) in [6, 6.07) is 2.67. The maximum Gasteiger partial charge on any atom is 0.419 e. The van der Waals surface area contributed by atoms with Crippen molar-refractivity contribution < 1.29 is 22.7 Å². The molecule has 0 aliphatic heterocycles. The molecule has 1 N–H and O–H groups in total. The van der Waals surface area contributed by atoms with Crippen LogP contribution in [0.1, 0.15) is 30.4 Å². The first-order valence-corrected chi connectivity index (χ1v) is 4.92. The van der Waals surface area contributed by atoms with Crippen LogP contribution in [0.3, 0.4) is 0 Å².